The number of ether oxygens (including phenoxy) is 2. The predicted molar refractivity (Wildman–Crippen MR) is 134 cm³/mol. The van der Waals surface area contributed by atoms with E-state index < -0.39 is 6.10 Å². The van der Waals surface area contributed by atoms with Crippen LogP contribution in [0.4, 0.5) is 0 Å². The first-order valence-electron chi connectivity index (χ1n) is 10.7. The fraction of sp³-hybridized carbons (Fsp3) is 0.259. The number of hydrogen-bond donors (Lipinski definition) is 2. The fourth-order valence-electron chi connectivity index (χ4n) is 3.43. The number of allylic oxidation sites excluding steroid dienone is 1. The summed E-state index contributed by atoms with van der Waals surface area (Å²) in [6.07, 6.45) is 3.31. The van der Waals surface area contributed by atoms with Crippen LogP contribution >= 0.6 is 12.4 Å². The molecule has 1 atom stereocenters. The van der Waals surface area contributed by atoms with Gasteiger partial charge in [0.25, 0.3) is 0 Å². The molecule has 2 N–H and O–H groups in total. The Morgan fingerprint density at radius 2 is 1.50 bits per heavy atom. The van der Waals surface area contributed by atoms with Crippen LogP contribution in [0.3, 0.4) is 0 Å². The van der Waals surface area contributed by atoms with Gasteiger partial charge in [-0.1, -0.05) is 78.9 Å². The Balaban J connectivity index is 0.00000363. The van der Waals surface area contributed by atoms with E-state index in [9.17, 15) is 5.11 Å². The van der Waals surface area contributed by atoms with E-state index in [1.165, 1.54) is 0 Å². The van der Waals surface area contributed by atoms with Crippen molar-refractivity contribution in [3.8, 4) is 11.5 Å². The van der Waals surface area contributed by atoms with Gasteiger partial charge >= 0.3 is 0 Å². The molecule has 5 heteroatoms. The average molecular weight is 454 g/mol. The van der Waals surface area contributed by atoms with Crippen LogP contribution in [0.1, 0.15) is 36.6 Å². The Labute approximate surface area is 197 Å². The van der Waals surface area contributed by atoms with Gasteiger partial charge in [0.2, 0.25) is 0 Å². The lowest BCUT2D eigenvalue weighted by molar-refractivity contribution is 0.102. The van der Waals surface area contributed by atoms with Gasteiger partial charge in [0, 0.05) is 6.54 Å². The van der Waals surface area contributed by atoms with Crippen LogP contribution in [0, 0.1) is 0 Å². The van der Waals surface area contributed by atoms with E-state index in [4.69, 9.17) is 9.47 Å². The Bertz CT molecular complexity index is 908. The normalized spacial score (nSPS) is 11.9. The van der Waals surface area contributed by atoms with Crippen molar-refractivity contribution in [2.75, 3.05) is 19.8 Å². The maximum absolute atomic E-state index is 10.6. The topological polar surface area (TPSA) is 50.7 Å². The zero-order valence-corrected chi connectivity index (χ0v) is 19.4. The van der Waals surface area contributed by atoms with Crippen molar-refractivity contribution in [2.24, 2.45) is 0 Å². The molecule has 0 spiro atoms. The van der Waals surface area contributed by atoms with E-state index in [1.54, 1.807) is 0 Å². The van der Waals surface area contributed by atoms with Gasteiger partial charge in [-0.2, -0.15) is 0 Å². The summed E-state index contributed by atoms with van der Waals surface area (Å²) in [4.78, 5) is 0. The zero-order valence-electron chi connectivity index (χ0n) is 18.6. The van der Waals surface area contributed by atoms with Gasteiger partial charge in [0.05, 0.1) is 12.6 Å². The van der Waals surface area contributed by atoms with Crippen molar-refractivity contribution in [3.05, 3.63) is 102 Å². The van der Waals surface area contributed by atoms with Gasteiger partial charge in [0.15, 0.2) is 11.5 Å². The smallest absolute Gasteiger partial charge is 0.161 e. The van der Waals surface area contributed by atoms with E-state index >= 15 is 0 Å². The molecule has 4 nitrogen and oxygen atoms in total. The summed E-state index contributed by atoms with van der Waals surface area (Å²) in [6, 6.07) is 26.3. The number of aliphatic hydroxyl groups excluding tert-OH is 1. The third-order valence-corrected chi connectivity index (χ3v) is 4.88. The summed E-state index contributed by atoms with van der Waals surface area (Å²) in [5.41, 5.74) is 3.33. The second kappa shape index (κ2) is 13.6. The first kappa shape index (κ1) is 25.5. The van der Waals surface area contributed by atoms with Crippen molar-refractivity contribution >= 4 is 18.5 Å². The van der Waals surface area contributed by atoms with Gasteiger partial charge in [-0.15, -0.1) is 12.4 Å². The van der Waals surface area contributed by atoms with Crippen LogP contribution in [-0.4, -0.2) is 31.0 Å². The van der Waals surface area contributed by atoms with Crippen molar-refractivity contribution in [1.82, 2.24) is 5.32 Å². The first-order chi connectivity index (χ1) is 15.2. The molecule has 1 unspecified atom stereocenters. The van der Waals surface area contributed by atoms with Crippen LogP contribution in [0.5, 0.6) is 11.5 Å². The molecule has 0 aliphatic carbocycles. The molecule has 0 heterocycles. The highest BCUT2D eigenvalue weighted by Gasteiger charge is 2.16. The highest BCUT2D eigenvalue weighted by atomic mass is 35.5. The maximum Gasteiger partial charge on any atom is 0.161 e. The summed E-state index contributed by atoms with van der Waals surface area (Å²) in [5, 5.41) is 14.1. The number of aliphatic hydroxyl groups is 1. The highest BCUT2D eigenvalue weighted by Crippen LogP contribution is 2.29. The second-order valence-corrected chi connectivity index (χ2v) is 7.27. The van der Waals surface area contributed by atoms with Crippen LogP contribution in [0.15, 0.2) is 84.9 Å². The first-order valence-corrected chi connectivity index (χ1v) is 10.7. The minimum Gasteiger partial charge on any atom is -0.490 e. The summed E-state index contributed by atoms with van der Waals surface area (Å²) in [5.74, 6) is 1.32. The summed E-state index contributed by atoms with van der Waals surface area (Å²) in [6.45, 7) is 5.03. The lowest BCUT2D eigenvalue weighted by Crippen LogP contribution is -2.34. The maximum atomic E-state index is 10.6. The van der Waals surface area contributed by atoms with E-state index in [-0.39, 0.29) is 25.1 Å². The van der Waals surface area contributed by atoms with Gasteiger partial charge in [-0.25, -0.2) is 0 Å². The molecule has 0 radical (unpaired) electrons. The second-order valence-electron chi connectivity index (χ2n) is 7.27. The number of nitrogens with one attached hydrogen (secondary N) is 1. The number of benzene rings is 3. The summed E-state index contributed by atoms with van der Waals surface area (Å²) >= 11 is 0. The Morgan fingerprint density at radius 1 is 0.875 bits per heavy atom. The molecule has 0 saturated heterocycles. The standard InChI is InChI=1S/C27H31NO3.ClH/c1-3-11-21-16-17-25(30-4-2)26(18-21)31-20-24(29)19-28-27(22-12-7-5-8-13-22)23-14-9-6-10-15-23;/h3,5-18,24,27-29H,4,19-20H2,1-2H3;1H/b11-3-;. The molecule has 0 bridgehead atoms. The molecular formula is C27H32ClNO3. The fourth-order valence-corrected chi connectivity index (χ4v) is 3.43. The lowest BCUT2D eigenvalue weighted by atomic mass is 9.98. The van der Waals surface area contributed by atoms with Gasteiger partial charge in [-0.3, -0.25) is 0 Å². The van der Waals surface area contributed by atoms with Crippen molar-refractivity contribution in [1.29, 1.82) is 0 Å². The molecular weight excluding hydrogens is 422 g/mol. The summed E-state index contributed by atoms with van der Waals surface area (Å²) in [7, 11) is 0. The van der Waals surface area contributed by atoms with Gasteiger partial charge in [0.1, 0.15) is 12.7 Å². The minimum atomic E-state index is -0.672. The Hall–Kier alpha value is -2.79. The molecule has 0 saturated carbocycles. The molecule has 3 aromatic rings. The average Bonchev–Trinajstić information content (AvgIpc) is 2.81. The molecule has 32 heavy (non-hydrogen) atoms. The largest absolute Gasteiger partial charge is 0.490 e. The highest BCUT2D eigenvalue weighted by molar-refractivity contribution is 5.85. The molecule has 0 aliphatic rings. The molecule has 170 valence electrons. The molecule has 0 aliphatic heterocycles. The Kier molecular flexibility index (Phi) is 10.8. The SMILES string of the molecule is C/C=C\c1ccc(OCC)c(OCC(O)CNC(c2ccccc2)c2ccccc2)c1.Cl. The van der Waals surface area contributed by atoms with Crippen molar-refractivity contribution in [3.63, 3.8) is 0 Å². The predicted octanol–water partition coefficient (Wildman–Crippen LogP) is 5.66. The van der Waals surface area contributed by atoms with Crippen LogP contribution < -0.4 is 14.8 Å². The number of hydrogen-bond acceptors (Lipinski definition) is 4. The van der Waals surface area contributed by atoms with Gasteiger partial charge < -0.3 is 19.9 Å². The number of halogens is 1. The third-order valence-electron chi connectivity index (χ3n) is 4.88. The minimum absolute atomic E-state index is 0. The van der Waals surface area contributed by atoms with Crippen LogP contribution in [-0.2, 0) is 0 Å². The van der Waals surface area contributed by atoms with E-state index in [0.717, 1.165) is 16.7 Å². The van der Waals surface area contributed by atoms with Crippen molar-refractivity contribution in [2.45, 2.75) is 26.0 Å². The Morgan fingerprint density at radius 3 is 2.06 bits per heavy atom. The van der Waals surface area contributed by atoms with E-state index in [1.807, 2.05) is 80.6 Å². The monoisotopic (exact) mass is 453 g/mol. The molecule has 0 amide bonds. The van der Waals surface area contributed by atoms with Crippen LogP contribution in [0.2, 0.25) is 0 Å². The molecule has 3 aromatic carbocycles. The molecule has 0 aromatic heterocycles. The van der Waals surface area contributed by atoms with Crippen molar-refractivity contribution < 1.29 is 14.6 Å². The number of rotatable bonds is 11. The quantitative estimate of drug-likeness (QED) is 0.393. The van der Waals surface area contributed by atoms with E-state index in [2.05, 4.69) is 29.6 Å². The van der Waals surface area contributed by atoms with Crippen LogP contribution in [0.25, 0.3) is 6.08 Å². The lowest BCUT2D eigenvalue weighted by Gasteiger charge is -2.22. The summed E-state index contributed by atoms with van der Waals surface area (Å²) < 4.78 is 11.6. The molecule has 3 rings (SSSR count). The molecule has 0 fully saturated rings. The van der Waals surface area contributed by atoms with E-state index in [0.29, 0.717) is 24.7 Å². The van der Waals surface area contributed by atoms with Gasteiger partial charge in [-0.05, 0) is 42.7 Å². The third kappa shape index (κ3) is 7.41. The zero-order chi connectivity index (χ0) is 21.9.